The average molecular weight is 409 g/mol. The number of likely N-dealkylation sites (tertiary alicyclic amines) is 1. The zero-order chi connectivity index (χ0) is 21.5. The number of nitrogens with one attached hydrogen (secondary N) is 1. The van der Waals surface area contributed by atoms with E-state index in [4.69, 9.17) is 10.8 Å². The second-order valence-electron chi connectivity index (χ2n) is 7.62. The minimum atomic E-state index is -1.01. The van der Waals surface area contributed by atoms with Crippen LogP contribution in [0.5, 0.6) is 0 Å². The Hall–Kier alpha value is -3.19. The van der Waals surface area contributed by atoms with Crippen molar-refractivity contribution in [1.29, 1.82) is 0 Å². The standard InChI is InChI=1S/C23H27N3O4/c24-19(13-16-6-2-1-3-7-16)14-21(27)26-11-5-10-20(26)22(28)25-15-17-8-4-9-18(12-17)23(29)30/h1-4,6-9,12,19-20H,5,10-11,13-15,24H2,(H,25,28)(H,29,30)/t19?,20-/m0/s1. The van der Waals surface area contributed by atoms with Gasteiger partial charge in [-0.05, 0) is 42.5 Å². The largest absolute Gasteiger partial charge is 0.478 e. The molecule has 3 rings (SSSR count). The van der Waals surface area contributed by atoms with Gasteiger partial charge in [-0.1, -0.05) is 42.5 Å². The van der Waals surface area contributed by atoms with Crippen LogP contribution in [-0.4, -0.2) is 46.4 Å². The molecular formula is C23H27N3O4. The highest BCUT2D eigenvalue weighted by Crippen LogP contribution is 2.19. The third-order valence-electron chi connectivity index (χ3n) is 5.29. The lowest BCUT2D eigenvalue weighted by Crippen LogP contribution is -2.47. The van der Waals surface area contributed by atoms with Crippen molar-refractivity contribution in [3.63, 3.8) is 0 Å². The summed E-state index contributed by atoms with van der Waals surface area (Å²) >= 11 is 0. The van der Waals surface area contributed by atoms with Crippen LogP contribution in [0.3, 0.4) is 0 Å². The lowest BCUT2D eigenvalue weighted by molar-refractivity contribution is -0.138. The number of carbonyl (C=O) groups excluding carboxylic acids is 2. The quantitative estimate of drug-likeness (QED) is 0.617. The molecule has 4 N–H and O–H groups in total. The fourth-order valence-electron chi connectivity index (χ4n) is 3.79. The first-order valence-electron chi connectivity index (χ1n) is 10.1. The lowest BCUT2D eigenvalue weighted by Gasteiger charge is -2.25. The van der Waals surface area contributed by atoms with E-state index in [1.165, 1.54) is 12.1 Å². The van der Waals surface area contributed by atoms with Crippen LogP contribution < -0.4 is 11.1 Å². The van der Waals surface area contributed by atoms with Gasteiger partial charge in [0.2, 0.25) is 11.8 Å². The van der Waals surface area contributed by atoms with Crippen molar-refractivity contribution >= 4 is 17.8 Å². The molecule has 0 aliphatic carbocycles. The second-order valence-corrected chi connectivity index (χ2v) is 7.62. The van der Waals surface area contributed by atoms with E-state index in [9.17, 15) is 14.4 Å². The fraction of sp³-hybridized carbons (Fsp3) is 0.348. The predicted molar refractivity (Wildman–Crippen MR) is 113 cm³/mol. The average Bonchev–Trinajstić information content (AvgIpc) is 3.23. The van der Waals surface area contributed by atoms with Gasteiger partial charge in [-0.25, -0.2) is 4.79 Å². The number of nitrogens with zero attached hydrogens (tertiary/aromatic N) is 1. The summed E-state index contributed by atoms with van der Waals surface area (Å²) in [7, 11) is 0. The number of carboxylic acid groups (broad SMARTS) is 1. The maximum Gasteiger partial charge on any atom is 0.335 e. The minimum Gasteiger partial charge on any atom is -0.478 e. The zero-order valence-corrected chi connectivity index (χ0v) is 16.8. The molecule has 7 nitrogen and oxygen atoms in total. The summed E-state index contributed by atoms with van der Waals surface area (Å²) in [5.41, 5.74) is 8.12. The number of amides is 2. The molecule has 1 fully saturated rings. The van der Waals surface area contributed by atoms with Crippen LogP contribution in [0.25, 0.3) is 0 Å². The monoisotopic (exact) mass is 409 g/mol. The minimum absolute atomic E-state index is 0.107. The first-order valence-corrected chi connectivity index (χ1v) is 10.1. The lowest BCUT2D eigenvalue weighted by atomic mass is 10.0. The summed E-state index contributed by atoms with van der Waals surface area (Å²) in [4.78, 5) is 38.1. The summed E-state index contributed by atoms with van der Waals surface area (Å²) < 4.78 is 0. The van der Waals surface area contributed by atoms with Gasteiger partial charge in [-0.3, -0.25) is 9.59 Å². The van der Waals surface area contributed by atoms with Gasteiger partial charge in [-0.2, -0.15) is 0 Å². The van der Waals surface area contributed by atoms with Crippen molar-refractivity contribution in [2.75, 3.05) is 6.54 Å². The Balaban J connectivity index is 1.53. The molecule has 1 heterocycles. The van der Waals surface area contributed by atoms with Crippen molar-refractivity contribution in [3.8, 4) is 0 Å². The van der Waals surface area contributed by atoms with Crippen LogP contribution >= 0.6 is 0 Å². The van der Waals surface area contributed by atoms with Crippen LogP contribution in [0.15, 0.2) is 54.6 Å². The van der Waals surface area contributed by atoms with Gasteiger partial charge in [0.15, 0.2) is 0 Å². The zero-order valence-electron chi connectivity index (χ0n) is 16.8. The number of hydrogen-bond acceptors (Lipinski definition) is 4. The normalized spacial score (nSPS) is 16.8. The van der Waals surface area contributed by atoms with E-state index in [2.05, 4.69) is 5.32 Å². The summed E-state index contributed by atoms with van der Waals surface area (Å²) in [6.07, 6.45) is 2.18. The number of carbonyl (C=O) groups is 3. The summed E-state index contributed by atoms with van der Waals surface area (Å²) in [6, 6.07) is 15.4. The molecule has 7 heteroatoms. The van der Waals surface area contributed by atoms with Gasteiger partial charge < -0.3 is 21.1 Å². The first kappa shape index (κ1) is 21.5. The maximum atomic E-state index is 12.8. The van der Waals surface area contributed by atoms with Gasteiger partial charge in [-0.15, -0.1) is 0 Å². The fourth-order valence-corrected chi connectivity index (χ4v) is 3.79. The van der Waals surface area contributed by atoms with E-state index >= 15 is 0 Å². The molecule has 158 valence electrons. The van der Waals surface area contributed by atoms with Crippen molar-refractivity contribution in [1.82, 2.24) is 10.2 Å². The summed E-state index contributed by atoms with van der Waals surface area (Å²) in [6.45, 7) is 0.759. The highest BCUT2D eigenvalue weighted by molar-refractivity contribution is 5.89. The number of rotatable bonds is 8. The van der Waals surface area contributed by atoms with E-state index in [1.54, 1.807) is 17.0 Å². The van der Waals surface area contributed by atoms with Crippen molar-refractivity contribution in [2.24, 2.45) is 5.73 Å². The van der Waals surface area contributed by atoms with Crippen LogP contribution in [-0.2, 0) is 22.6 Å². The molecule has 1 unspecified atom stereocenters. The van der Waals surface area contributed by atoms with Crippen LogP contribution in [0, 0.1) is 0 Å². The molecule has 2 aromatic rings. The molecule has 0 spiro atoms. The second kappa shape index (κ2) is 10.0. The van der Waals surface area contributed by atoms with E-state index in [0.29, 0.717) is 24.9 Å². The van der Waals surface area contributed by atoms with Gasteiger partial charge in [0.1, 0.15) is 6.04 Å². The van der Waals surface area contributed by atoms with Crippen molar-refractivity contribution in [3.05, 3.63) is 71.3 Å². The van der Waals surface area contributed by atoms with Crippen LogP contribution in [0.1, 0.15) is 40.7 Å². The Morgan fingerprint density at radius 2 is 1.83 bits per heavy atom. The van der Waals surface area contributed by atoms with Crippen LogP contribution in [0.4, 0.5) is 0 Å². The molecule has 0 saturated carbocycles. The van der Waals surface area contributed by atoms with Crippen molar-refractivity contribution < 1.29 is 19.5 Å². The third-order valence-corrected chi connectivity index (χ3v) is 5.29. The molecule has 2 amide bonds. The number of aromatic carboxylic acids is 1. The highest BCUT2D eigenvalue weighted by Gasteiger charge is 2.34. The number of carboxylic acids is 1. The van der Waals surface area contributed by atoms with E-state index in [-0.39, 0.29) is 36.4 Å². The van der Waals surface area contributed by atoms with Gasteiger partial charge in [0, 0.05) is 25.6 Å². The third kappa shape index (κ3) is 5.67. The molecule has 1 aliphatic rings. The summed E-state index contributed by atoms with van der Waals surface area (Å²) in [5, 5.41) is 11.9. The first-order chi connectivity index (χ1) is 14.4. The molecule has 2 aromatic carbocycles. The molecular weight excluding hydrogens is 382 g/mol. The van der Waals surface area contributed by atoms with E-state index in [1.807, 2.05) is 30.3 Å². The molecule has 0 radical (unpaired) electrons. The van der Waals surface area contributed by atoms with Gasteiger partial charge >= 0.3 is 5.97 Å². The Kier molecular flexibility index (Phi) is 7.19. The summed E-state index contributed by atoms with van der Waals surface area (Å²) in [5.74, 6) is -1.34. The Morgan fingerprint density at radius 3 is 2.57 bits per heavy atom. The van der Waals surface area contributed by atoms with Crippen molar-refractivity contribution in [2.45, 2.75) is 44.3 Å². The van der Waals surface area contributed by atoms with E-state index in [0.717, 1.165) is 12.0 Å². The molecule has 1 aliphatic heterocycles. The predicted octanol–water partition coefficient (Wildman–Crippen LogP) is 1.95. The SMILES string of the molecule is NC(CC(=O)N1CCC[C@H]1C(=O)NCc1cccc(C(=O)O)c1)Cc1ccccc1. The molecule has 0 bridgehead atoms. The smallest absolute Gasteiger partial charge is 0.335 e. The Bertz CT molecular complexity index is 900. The van der Waals surface area contributed by atoms with Gasteiger partial charge in [0.25, 0.3) is 0 Å². The number of hydrogen-bond donors (Lipinski definition) is 3. The molecule has 30 heavy (non-hydrogen) atoms. The molecule has 2 atom stereocenters. The van der Waals surface area contributed by atoms with E-state index < -0.39 is 12.0 Å². The molecule has 0 aromatic heterocycles. The Morgan fingerprint density at radius 1 is 1.10 bits per heavy atom. The Labute approximate surface area is 175 Å². The highest BCUT2D eigenvalue weighted by atomic mass is 16.4. The number of benzene rings is 2. The van der Waals surface area contributed by atoms with Crippen LogP contribution in [0.2, 0.25) is 0 Å². The topological polar surface area (TPSA) is 113 Å². The number of nitrogens with two attached hydrogens (primary N) is 1. The maximum absolute atomic E-state index is 12.8. The van der Waals surface area contributed by atoms with Gasteiger partial charge in [0.05, 0.1) is 5.56 Å². The molecule has 1 saturated heterocycles.